The number of carbonyl (C=O) groups is 3. The molecular weight excluding hydrogens is 352 g/mol. The molecule has 0 bridgehead atoms. The van der Waals surface area contributed by atoms with Crippen LogP contribution in [-0.4, -0.2) is 30.1 Å². The Morgan fingerprint density at radius 1 is 1.33 bits per heavy atom. The molecular formula is C20H22O7. The highest BCUT2D eigenvalue weighted by molar-refractivity contribution is 5.99. The second-order valence-corrected chi connectivity index (χ2v) is 6.89. The Morgan fingerprint density at radius 2 is 2.07 bits per heavy atom. The largest absolute Gasteiger partial charge is 0.496 e. The summed E-state index contributed by atoms with van der Waals surface area (Å²) in [4.78, 5) is 34.9. The number of rotatable bonds is 6. The number of carboxylic acid groups (broad SMARTS) is 1. The number of carbonyl (C=O) groups excluding carboxylic acids is 2. The van der Waals surface area contributed by atoms with Crippen LogP contribution >= 0.6 is 0 Å². The second kappa shape index (κ2) is 7.42. The molecule has 3 rings (SSSR count). The predicted octanol–water partition coefficient (Wildman–Crippen LogP) is 2.95. The number of allylic oxidation sites excluding steroid dienone is 2. The van der Waals surface area contributed by atoms with Gasteiger partial charge >= 0.3 is 17.9 Å². The third kappa shape index (κ3) is 3.67. The number of carboxylic acids is 1. The number of hydrogen-bond donors (Lipinski definition) is 1. The van der Waals surface area contributed by atoms with Crippen molar-refractivity contribution in [1.82, 2.24) is 0 Å². The minimum atomic E-state index is -0.827. The molecule has 0 aromatic heterocycles. The number of cyclic esters (lactones) is 1. The van der Waals surface area contributed by atoms with E-state index in [1.54, 1.807) is 0 Å². The first-order chi connectivity index (χ1) is 12.8. The molecule has 1 aliphatic heterocycles. The molecule has 27 heavy (non-hydrogen) atoms. The molecule has 0 fully saturated rings. The molecule has 1 atom stereocenters. The Balaban J connectivity index is 2.07. The number of ether oxygens (including phenoxy) is 3. The van der Waals surface area contributed by atoms with Crippen molar-refractivity contribution in [2.24, 2.45) is 5.92 Å². The van der Waals surface area contributed by atoms with Gasteiger partial charge in [-0.15, -0.1) is 0 Å². The van der Waals surface area contributed by atoms with Gasteiger partial charge in [0.2, 0.25) is 0 Å². The molecule has 2 aliphatic rings. The topological polar surface area (TPSA) is 99.1 Å². The van der Waals surface area contributed by atoms with Gasteiger partial charge in [0.15, 0.2) is 5.75 Å². The van der Waals surface area contributed by atoms with Crippen molar-refractivity contribution in [3.8, 4) is 11.5 Å². The summed E-state index contributed by atoms with van der Waals surface area (Å²) in [6, 6.07) is 0. The van der Waals surface area contributed by atoms with Crippen molar-refractivity contribution >= 4 is 17.9 Å². The first-order valence-corrected chi connectivity index (χ1v) is 8.81. The molecule has 1 aromatic carbocycles. The normalized spacial score (nSPS) is 18.0. The number of fused-ring (bicyclic) bond motifs is 1. The molecule has 0 saturated heterocycles. The zero-order valence-electron chi connectivity index (χ0n) is 15.6. The van der Waals surface area contributed by atoms with Crippen LogP contribution in [0.2, 0.25) is 0 Å². The van der Waals surface area contributed by atoms with Crippen LogP contribution < -0.4 is 9.47 Å². The zero-order valence-corrected chi connectivity index (χ0v) is 15.6. The van der Waals surface area contributed by atoms with Gasteiger partial charge in [-0.25, -0.2) is 4.79 Å². The van der Waals surface area contributed by atoms with E-state index in [1.165, 1.54) is 14.0 Å². The van der Waals surface area contributed by atoms with Crippen molar-refractivity contribution in [2.45, 2.75) is 46.1 Å². The fourth-order valence-corrected chi connectivity index (χ4v) is 3.87. The van der Waals surface area contributed by atoms with Crippen molar-refractivity contribution in [2.75, 3.05) is 7.11 Å². The quantitative estimate of drug-likeness (QED) is 0.464. The van der Waals surface area contributed by atoms with E-state index in [0.717, 1.165) is 24.0 Å². The molecule has 7 nitrogen and oxygen atoms in total. The van der Waals surface area contributed by atoms with Gasteiger partial charge in [0.05, 0.1) is 13.5 Å². The summed E-state index contributed by atoms with van der Waals surface area (Å²) in [7, 11) is 1.53. The predicted molar refractivity (Wildman–Crippen MR) is 94.9 cm³/mol. The number of benzene rings is 1. The highest BCUT2D eigenvalue weighted by Gasteiger charge is 2.34. The number of hydrogen-bond acceptors (Lipinski definition) is 6. The van der Waals surface area contributed by atoms with Crippen molar-refractivity contribution in [3.05, 3.63) is 33.9 Å². The molecule has 1 aliphatic carbocycles. The summed E-state index contributed by atoms with van der Waals surface area (Å²) in [5.74, 6) is -1.14. The molecule has 7 heteroatoms. The van der Waals surface area contributed by atoms with Crippen molar-refractivity contribution in [3.63, 3.8) is 0 Å². The Morgan fingerprint density at radius 3 is 2.70 bits per heavy atom. The first-order valence-electron chi connectivity index (χ1n) is 8.81. The minimum Gasteiger partial charge on any atom is -0.496 e. The van der Waals surface area contributed by atoms with Crippen LogP contribution in [0.5, 0.6) is 11.5 Å². The highest BCUT2D eigenvalue weighted by Crippen LogP contribution is 2.44. The zero-order chi connectivity index (χ0) is 19.7. The van der Waals surface area contributed by atoms with Crippen LogP contribution in [-0.2, 0) is 27.4 Å². The maximum Gasteiger partial charge on any atom is 0.342 e. The van der Waals surface area contributed by atoms with Gasteiger partial charge in [-0.05, 0) is 31.2 Å². The van der Waals surface area contributed by atoms with Gasteiger partial charge in [-0.3, -0.25) is 9.59 Å². The summed E-state index contributed by atoms with van der Waals surface area (Å²) in [5, 5.41) is 8.99. The third-order valence-electron chi connectivity index (χ3n) is 5.02. The van der Waals surface area contributed by atoms with E-state index >= 15 is 0 Å². The lowest BCUT2D eigenvalue weighted by molar-refractivity contribution is -0.137. The average molecular weight is 374 g/mol. The Kier molecular flexibility index (Phi) is 5.21. The third-order valence-corrected chi connectivity index (χ3v) is 5.02. The number of aliphatic carboxylic acids is 1. The lowest BCUT2D eigenvalue weighted by Crippen LogP contribution is -2.12. The lowest BCUT2D eigenvalue weighted by atomic mass is 9.93. The van der Waals surface area contributed by atoms with Crippen LogP contribution in [0.1, 0.15) is 53.2 Å². The number of esters is 2. The van der Waals surface area contributed by atoms with Crippen LogP contribution in [0.15, 0.2) is 11.6 Å². The summed E-state index contributed by atoms with van der Waals surface area (Å²) in [6.07, 6.45) is 3.99. The van der Waals surface area contributed by atoms with E-state index in [1.807, 2.05) is 13.0 Å². The van der Waals surface area contributed by atoms with E-state index < -0.39 is 17.9 Å². The van der Waals surface area contributed by atoms with Gasteiger partial charge in [-0.2, -0.15) is 0 Å². The van der Waals surface area contributed by atoms with Gasteiger partial charge in [-0.1, -0.05) is 11.6 Å². The summed E-state index contributed by atoms with van der Waals surface area (Å²) in [6.45, 7) is 3.24. The standard InChI is InChI=1S/C20H22O7/c1-10-15-9-26-20(24)17(15)19(27-11(2)21)14(18(10)25-3)7-12-4-5-13(6-12)8-16(22)23/h6,13H,4-5,7-9H2,1-3H3,(H,22,23). The van der Waals surface area contributed by atoms with Crippen molar-refractivity contribution < 1.29 is 33.7 Å². The fourth-order valence-electron chi connectivity index (χ4n) is 3.87. The van der Waals surface area contributed by atoms with E-state index in [4.69, 9.17) is 19.3 Å². The first kappa shape index (κ1) is 18.9. The summed E-state index contributed by atoms with van der Waals surface area (Å²) in [5.41, 5.74) is 3.38. The minimum absolute atomic E-state index is 0.0128. The molecule has 0 amide bonds. The van der Waals surface area contributed by atoms with E-state index in [2.05, 4.69) is 0 Å². The average Bonchev–Trinajstić information content (AvgIpc) is 3.17. The fraction of sp³-hybridized carbons (Fsp3) is 0.450. The lowest BCUT2D eigenvalue weighted by Gasteiger charge is -2.19. The summed E-state index contributed by atoms with van der Waals surface area (Å²) >= 11 is 0. The molecule has 0 radical (unpaired) electrons. The molecule has 0 spiro atoms. The Labute approximate surface area is 156 Å². The van der Waals surface area contributed by atoms with E-state index in [-0.39, 0.29) is 30.3 Å². The summed E-state index contributed by atoms with van der Waals surface area (Å²) < 4.78 is 16.1. The Hall–Kier alpha value is -2.83. The molecule has 1 unspecified atom stereocenters. The van der Waals surface area contributed by atoms with Gasteiger partial charge in [0.25, 0.3) is 0 Å². The monoisotopic (exact) mass is 374 g/mol. The van der Waals surface area contributed by atoms with E-state index in [0.29, 0.717) is 23.3 Å². The highest BCUT2D eigenvalue weighted by atomic mass is 16.6. The van der Waals surface area contributed by atoms with Crippen LogP contribution in [0.3, 0.4) is 0 Å². The maximum absolute atomic E-state index is 12.2. The SMILES string of the molecule is COc1c(C)c2c(c(OC(C)=O)c1CC1=CC(CC(=O)O)CC1)C(=O)OC2. The smallest absolute Gasteiger partial charge is 0.342 e. The Bertz CT molecular complexity index is 851. The van der Waals surface area contributed by atoms with E-state index in [9.17, 15) is 14.4 Å². The van der Waals surface area contributed by atoms with Crippen LogP contribution in [0.25, 0.3) is 0 Å². The van der Waals surface area contributed by atoms with Crippen molar-refractivity contribution in [1.29, 1.82) is 0 Å². The van der Waals surface area contributed by atoms with Gasteiger partial charge < -0.3 is 19.3 Å². The molecule has 0 saturated carbocycles. The molecule has 1 aromatic rings. The molecule has 1 N–H and O–H groups in total. The number of methoxy groups -OCH3 is 1. The van der Waals surface area contributed by atoms with Gasteiger partial charge in [0.1, 0.15) is 17.9 Å². The second-order valence-electron chi connectivity index (χ2n) is 6.89. The molecule has 144 valence electrons. The van der Waals surface area contributed by atoms with Crippen LogP contribution in [0, 0.1) is 12.8 Å². The van der Waals surface area contributed by atoms with Gasteiger partial charge in [0, 0.05) is 24.5 Å². The molecule has 1 heterocycles. The van der Waals surface area contributed by atoms with Crippen LogP contribution in [0.4, 0.5) is 0 Å². The maximum atomic E-state index is 12.2.